The average molecular weight is 221 g/mol. The van der Waals surface area contributed by atoms with Crippen molar-refractivity contribution in [3.8, 4) is 5.75 Å². The highest BCUT2D eigenvalue weighted by Gasteiger charge is 2.29. The van der Waals surface area contributed by atoms with Crippen LogP contribution in [0, 0.1) is 0 Å². The number of hydrogen-bond donors (Lipinski definition) is 2. The van der Waals surface area contributed by atoms with E-state index in [-0.39, 0.29) is 18.7 Å². The number of benzene rings is 1. The van der Waals surface area contributed by atoms with E-state index in [9.17, 15) is 10.2 Å². The number of aliphatic hydroxyl groups is 1. The second kappa shape index (κ2) is 4.85. The van der Waals surface area contributed by atoms with Crippen LogP contribution in [0.25, 0.3) is 0 Å². The van der Waals surface area contributed by atoms with E-state index in [0.29, 0.717) is 5.75 Å². The van der Waals surface area contributed by atoms with E-state index in [2.05, 4.69) is 11.8 Å². The van der Waals surface area contributed by atoms with Gasteiger partial charge in [-0.05, 0) is 32.4 Å². The number of nitrogens with zero attached hydrogens (tertiary/aromatic N) is 1. The summed E-state index contributed by atoms with van der Waals surface area (Å²) in [5.41, 5.74) is 0.947. The number of likely N-dealkylation sites (tertiary alicyclic amines) is 1. The summed E-state index contributed by atoms with van der Waals surface area (Å²) >= 11 is 0. The minimum Gasteiger partial charge on any atom is -0.508 e. The number of hydrogen-bond acceptors (Lipinski definition) is 3. The molecule has 1 heterocycles. The molecule has 16 heavy (non-hydrogen) atoms. The summed E-state index contributed by atoms with van der Waals surface area (Å²) in [6.07, 6.45) is 2.18. The molecular weight excluding hydrogens is 202 g/mol. The number of aliphatic hydroxyl groups excluding tert-OH is 1. The van der Waals surface area contributed by atoms with Crippen molar-refractivity contribution < 1.29 is 10.2 Å². The van der Waals surface area contributed by atoms with Crippen molar-refractivity contribution in [1.82, 2.24) is 4.90 Å². The molecule has 1 aromatic rings. The first kappa shape index (κ1) is 11.4. The number of aromatic hydroxyl groups is 1. The van der Waals surface area contributed by atoms with Gasteiger partial charge in [-0.15, -0.1) is 0 Å². The molecule has 2 N–H and O–H groups in total. The van der Waals surface area contributed by atoms with Crippen LogP contribution >= 0.6 is 0 Å². The van der Waals surface area contributed by atoms with Crippen LogP contribution in [0.15, 0.2) is 24.3 Å². The Balaban J connectivity index is 2.18. The smallest absolute Gasteiger partial charge is 0.120 e. The first-order chi connectivity index (χ1) is 7.74. The van der Waals surface area contributed by atoms with Gasteiger partial charge in [0, 0.05) is 17.6 Å². The van der Waals surface area contributed by atoms with Crippen LogP contribution in [-0.2, 0) is 0 Å². The van der Waals surface area contributed by atoms with Gasteiger partial charge in [0.05, 0.1) is 6.61 Å². The van der Waals surface area contributed by atoms with Gasteiger partial charge in [-0.3, -0.25) is 4.90 Å². The summed E-state index contributed by atoms with van der Waals surface area (Å²) in [6, 6.07) is 7.85. The van der Waals surface area contributed by atoms with Crippen LogP contribution in [0.1, 0.15) is 31.4 Å². The largest absolute Gasteiger partial charge is 0.508 e. The summed E-state index contributed by atoms with van der Waals surface area (Å²) in [6.45, 7) is 3.29. The molecule has 1 fully saturated rings. The van der Waals surface area contributed by atoms with E-state index in [1.54, 1.807) is 6.07 Å². The molecular formula is C13H19NO2. The minimum atomic E-state index is 0.167. The van der Waals surface area contributed by atoms with Crippen molar-refractivity contribution in [2.45, 2.75) is 31.8 Å². The van der Waals surface area contributed by atoms with Gasteiger partial charge >= 0.3 is 0 Å². The van der Waals surface area contributed by atoms with Crippen molar-refractivity contribution in [3.63, 3.8) is 0 Å². The van der Waals surface area contributed by atoms with Gasteiger partial charge in [-0.2, -0.15) is 0 Å². The highest BCUT2D eigenvalue weighted by molar-refractivity contribution is 5.34. The highest BCUT2D eigenvalue weighted by Crippen LogP contribution is 2.32. The van der Waals surface area contributed by atoms with Gasteiger partial charge in [-0.25, -0.2) is 0 Å². The first-order valence-corrected chi connectivity index (χ1v) is 5.88. The quantitative estimate of drug-likeness (QED) is 0.819. The molecule has 1 aliphatic rings. The Kier molecular flexibility index (Phi) is 3.46. The molecule has 0 amide bonds. The maximum Gasteiger partial charge on any atom is 0.120 e. The lowest BCUT2D eigenvalue weighted by Gasteiger charge is -2.30. The molecule has 1 aliphatic heterocycles. The van der Waals surface area contributed by atoms with Crippen LogP contribution in [0.2, 0.25) is 0 Å². The Morgan fingerprint density at radius 1 is 1.44 bits per heavy atom. The number of phenolic OH excluding ortho intramolecular Hbond substituents is 1. The van der Waals surface area contributed by atoms with Crippen molar-refractivity contribution in [3.05, 3.63) is 29.8 Å². The van der Waals surface area contributed by atoms with Gasteiger partial charge in [0.2, 0.25) is 0 Å². The Morgan fingerprint density at radius 3 is 2.88 bits per heavy atom. The van der Waals surface area contributed by atoms with E-state index in [1.807, 2.05) is 18.2 Å². The molecule has 88 valence electrons. The molecule has 2 atom stereocenters. The van der Waals surface area contributed by atoms with Crippen molar-refractivity contribution in [2.75, 3.05) is 13.2 Å². The predicted octanol–water partition coefficient (Wildman–Crippen LogP) is 1.91. The molecule has 0 saturated carbocycles. The average Bonchev–Trinajstić information content (AvgIpc) is 2.77. The van der Waals surface area contributed by atoms with E-state index in [1.165, 1.54) is 0 Å². The fraction of sp³-hybridized carbons (Fsp3) is 0.538. The summed E-state index contributed by atoms with van der Waals surface area (Å²) < 4.78 is 0. The van der Waals surface area contributed by atoms with E-state index >= 15 is 0 Å². The zero-order valence-corrected chi connectivity index (χ0v) is 9.63. The van der Waals surface area contributed by atoms with E-state index in [0.717, 1.165) is 24.9 Å². The van der Waals surface area contributed by atoms with Crippen molar-refractivity contribution in [1.29, 1.82) is 0 Å². The fourth-order valence-electron chi connectivity index (χ4n) is 2.58. The fourth-order valence-corrected chi connectivity index (χ4v) is 2.58. The van der Waals surface area contributed by atoms with Crippen molar-refractivity contribution >= 4 is 0 Å². The molecule has 3 nitrogen and oxygen atoms in total. The third kappa shape index (κ3) is 2.06. The number of phenols is 1. The van der Waals surface area contributed by atoms with E-state index < -0.39 is 0 Å². The third-order valence-corrected chi connectivity index (χ3v) is 3.52. The second-order valence-corrected chi connectivity index (χ2v) is 4.45. The van der Waals surface area contributed by atoms with Gasteiger partial charge < -0.3 is 10.2 Å². The van der Waals surface area contributed by atoms with Gasteiger partial charge in [0.15, 0.2) is 0 Å². The Labute approximate surface area is 96.3 Å². The molecule has 1 saturated heterocycles. The van der Waals surface area contributed by atoms with Crippen molar-refractivity contribution in [2.24, 2.45) is 0 Å². The summed E-state index contributed by atoms with van der Waals surface area (Å²) in [5, 5.41) is 19.1. The standard InChI is InChI=1S/C13H19NO2/c1-10(12-6-2-3-7-13(12)16)14-8-4-5-11(14)9-15/h2-3,6-7,10-11,15-16H,4-5,8-9H2,1H3. The lowest BCUT2D eigenvalue weighted by molar-refractivity contribution is 0.125. The number of para-hydroxylation sites is 1. The normalized spacial score (nSPS) is 23.5. The molecule has 2 unspecified atom stereocenters. The Bertz CT molecular complexity index is 354. The van der Waals surface area contributed by atoms with Crippen LogP contribution in [0.5, 0.6) is 5.75 Å². The Hall–Kier alpha value is -1.06. The van der Waals surface area contributed by atoms with Crippen LogP contribution in [-0.4, -0.2) is 34.3 Å². The zero-order chi connectivity index (χ0) is 11.5. The molecule has 0 spiro atoms. The molecule has 0 radical (unpaired) electrons. The van der Waals surface area contributed by atoms with Crippen LogP contribution in [0.4, 0.5) is 0 Å². The molecule has 0 bridgehead atoms. The second-order valence-electron chi connectivity index (χ2n) is 4.45. The van der Waals surface area contributed by atoms with Gasteiger partial charge in [0.1, 0.15) is 5.75 Å². The summed E-state index contributed by atoms with van der Waals surface area (Å²) in [7, 11) is 0. The summed E-state index contributed by atoms with van der Waals surface area (Å²) in [4.78, 5) is 2.27. The lowest BCUT2D eigenvalue weighted by Crippen LogP contribution is -2.34. The van der Waals surface area contributed by atoms with Crippen LogP contribution in [0.3, 0.4) is 0 Å². The first-order valence-electron chi connectivity index (χ1n) is 5.88. The number of rotatable bonds is 3. The molecule has 3 heteroatoms. The maximum atomic E-state index is 9.81. The third-order valence-electron chi connectivity index (χ3n) is 3.52. The van der Waals surface area contributed by atoms with Crippen LogP contribution < -0.4 is 0 Å². The molecule has 2 rings (SSSR count). The highest BCUT2D eigenvalue weighted by atomic mass is 16.3. The van der Waals surface area contributed by atoms with E-state index in [4.69, 9.17) is 0 Å². The lowest BCUT2D eigenvalue weighted by atomic mass is 10.0. The minimum absolute atomic E-state index is 0.167. The van der Waals surface area contributed by atoms with Gasteiger partial charge in [0.25, 0.3) is 0 Å². The zero-order valence-electron chi connectivity index (χ0n) is 9.63. The Morgan fingerprint density at radius 2 is 2.19 bits per heavy atom. The molecule has 0 aromatic heterocycles. The topological polar surface area (TPSA) is 43.7 Å². The molecule has 0 aliphatic carbocycles. The van der Waals surface area contributed by atoms with Gasteiger partial charge in [-0.1, -0.05) is 18.2 Å². The summed E-state index contributed by atoms with van der Waals surface area (Å²) in [5.74, 6) is 0.346. The monoisotopic (exact) mass is 221 g/mol. The predicted molar refractivity (Wildman–Crippen MR) is 63.3 cm³/mol. The maximum absolute atomic E-state index is 9.81. The molecule has 1 aromatic carbocycles. The SMILES string of the molecule is CC(c1ccccc1O)N1CCCC1CO.